The Morgan fingerprint density at radius 2 is 2.07 bits per heavy atom. The largest absolute Gasteiger partial charge is 0.505 e. The Balaban J connectivity index is 0.00000169. The lowest BCUT2D eigenvalue weighted by Crippen LogP contribution is -2.09. The van der Waals surface area contributed by atoms with Crippen LogP contribution in [0.4, 0.5) is 4.39 Å². The molecule has 0 amide bonds. The van der Waals surface area contributed by atoms with E-state index in [4.69, 9.17) is 5.73 Å². The first-order chi connectivity index (χ1) is 6.06. The molecular formula is C10H15ClFNO. The molecule has 1 aromatic rings. The molecule has 0 saturated carbocycles. The summed E-state index contributed by atoms with van der Waals surface area (Å²) in [5, 5.41) is 9.37. The molecule has 1 atom stereocenters. The first-order valence-corrected chi connectivity index (χ1v) is 4.30. The molecule has 14 heavy (non-hydrogen) atoms. The fourth-order valence-electron chi connectivity index (χ4n) is 1.26. The van der Waals surface area contributed by atoms with Crippen molar-refractivity contribution >= 4 is 12.4 Å². The lowest BCUT2D eigenvalue weighted by atomic mass is 10.0. The van der Waals surface area contributed by atoms with Gasteiger partial charge in [0, 0.05) is 11.6 Å². The molecule has 0 aliphatic heterocycles. The van der Waals surface area contributed by atoms with Gasteiger partial charge < -0.3 is 10.8 Å². The van der Waals surface area contributed by atoms with Gasteiger partial charge in [-0.1, -0.05) is 13.0 Å². The molecule has 0 radical (unpaired) electrons. The fourth-order valence-corrected chi connectivity index (χ4v) is 1.26. The molecule has 0 unspecified atom stereocenters. The fraction of sp³-hybridized carbons (Fsp3) is 0.400. The Morgan fingerprint density at radius 1 is 1.50 bits per heavy atom. The Morgan fingerprint density at radius 3 is 2.57 bits per heavy atom. The molecule has 0 spiro atoms. The van der Waals surface area contributed by atoms with Crippen molar-refractivity contribution in [2.75, 3.05) is 0 Å². The van der Waals surface area contributed by atoms with Crippen molar-refractivity contribution in [1.82, 2.24) is 0 Å². The predicted molar refractivity (Wildman–Crippen MR) is 57.3 cm³/mol. The zero-order valence-corrected chi connectivity index (χ0v) is 9.07. The van der Waals surface area contributed by atoms with Crippen molar-refractivity contribution in [3.63, 3.8) is 0 Å². The first-order valence-electron chi connectivity index (χ1n) is 4.30. The topological polar surface area (TPSA) is 46.2 Å². The van der Waals surface area contributed by atoms with Gasteiger partial charge in [0.2, 0.25) is 0 Å². The van der Waals surface area contributed by atoms with E-state index in [9.17, 15) is 9.50 Å². The van der Waals surface area contributed by atoms with Crippen LogP contribution in [0.15, 0.2) is 12.1 Å². The highest BCUT2D eigenvalue weighted by Gasteiger charge is 2.13. The van der Waals surface area contributed by atoms with E-state index < -0.39 is 5.82 Å². The van der Waals surface area contributed by atoms with Crippen LogP contribution in [-0.4, -0.2) is 5.11 Å². The quantitative estimate of drug-likeness (QED) is 0.804. The minimum atomic E-state index is -0.598. The average Bonchev–Trinajstić information content (AvgIpc) is 2.10. The van der Waals surface area contributed by atoms with Crippen molar-refractivity contribution in [3.8, 4) is 5.75 Å². The van der Waals surface area contributed by atoms with Gasteiger partial charge in [0.05, 0.1) is 0 Å². The van der Waals surface area contributed by atoms with Crippen LogP contribution in [0.2, 0.25) is 0 Å². The number of hydrogen-bond acceptors (Lipinski definition) is 2. The van der Waals surface area contributed by atoms with Crippen LogP contribution in [-0.2, 0) is 0 Å². The Kier molecular flexibility index (Phi) is 4.88. The molecule has 1 rings (SSSR count). The van der Waals surface area contributed by atoms with Gasteiger partial charge in [-0.05, 0) is 25.0 Å². The summed E-state index contributed by atoms with van der Waals surface area (Å²) in [5.41, 5.74) is 6.96. The maximum absolute atomic E-state index is 13.0. The monoisotopic (exact) mass is 219 g/mol. The molecule has 0 aromatic heterocycles. The zero-order valence-electron chi connectivity index (χ0n) is 8.25. The van der Waals surface area contributed by atoms with E-state index in [1.165, 1.54) is 6.07 Å². The van der Waals surface area contributed by atoms with Crippen molar-refractivity contribution in [2.45, 2.75) is 26.3 Å². The Hall–Kier alpha value is -0.800. The molecule has 0 saturated heterocycles. The van der Waals surface area contributed by atoms with Gasteiger partial charge in [-0.3, -0.25) is 0 Å². The smallest absolute Gasteiger partial charge is 0.165 e. The third-order valence-corrected chi connectivity index (χ3v) is 2.08. The molecule has 0 heterocycles. The predicted octanol–water partition coefficient (Wildman–Crippen LogP) is 2.67. The molecule has 80 valence electrons. The second kappa shape index (κ2) is 5.17. The number of aryl methyl sites for hydroxylation is 1. The van der Waals surface area contributed by atoms with E-state index in [2.05, 4.69) is 0 Å². The normalized spacial score (nSPS) is 12.0. The van der Waals surface area contributed by atoms with Crippen LogP contribution in [0.1, 0.15) is 30.5 Å². The van der Waals surface area contributed by atoms with Gasteiger partial charge in [-0.25, -0.2) is 4.39 Å². The van der Waals surface area contributed by atoms with E-state index in [1.807, 2.05) is 6.92 Å². The molecule has 0 aliphatic carbocycles. The van der Waals surface area contributed by atoms with Crippen molar-refractivity contribution in [3.05, 3.63) is 29.1 Å². The number of nitrogens with two attached hydrogens (primary N) is 1. The third kappa shape index (κ3) is 2.59. The summed E-state index contributed by atoms with van der Waals surface area (Å²) >= 11 is 0. The first kappa shape index (κ1) is 13.2. The molecule has 3 N–H and O–H groups in total. The van der Waals surface area contributed by atoms with Crippen molar-refractivity contribution in [1.29, 1.82) is 0 Å². The highest BCUT2D eigenvalue weighted by Crippen LogP contribution is 2.28. The van der Waals surface area contributed by atoms with Gasteiger partial charge >= 0.3 is 0 Å². The van der Waals surface area contributed by atoms with Gasteiger partial charge in [0.25, 0.3) is 0 Å². The van der Waals surface area contributed by atoms with Gasteiger partial charge in [0.1, 0.15) is 0 Å². The van der Waals surface area contributed by atoms with Gasteiger partial charge in [0.15, 0.2) is 11.6 Å². The number of phenols is 1. The number of benzene rings is 1. The average molecular weight is 220 g/mol. The molecular weight excluding hydrogens is 205 g/mol. The van der Waals surface area contributed by atoms with Crippen LogP contribution in [0.3, 0.4) is 0 Å². The summed E-state index contributed by atoms with van der Waals surface area (Å²) < 4.78 is 13.0. The molecule has 1 aromatic carbocycles. The van der Waals surface area contributed by atoms with Gasteiger partial charge in [-0.15, -0.1) is 12.4 Å². The minimum Gasteiger partial charge on any atom is -0.505 e. The van der Waals surface area contributed by atoms with Gasteiger partial charge in [-0.2, -0.15) is 0 Å². The van der Waals surface area contributed by atoms with E-state index in [0.717, 1.165) is 5.56 Å². The second-order valence-corrected chi connectivity index (χ2v) is 3.20. The molecule has 0 bridgehead atoms. The number of hydrogen-bond donors (Lipinski definition) is 2. The number of aromatic hydroxyl groups is 1. The van der Waals surface area contributed by atoms with Crippen molar-refractivity contribution in [2.24, 2.45) is 5.73 Å². The number of halogens is 2. The zero-order chi connectivity index (χ0) is 10.0. The highest BCUT2D eigenvalue weighted by molar-refractivity contribution is 5.85. The van der Waals surface area contributed by atoms with Crippen LogP contribution in [0, 0.1) is 12.7 Å². The standard InChI is InChI=1S/C10H14FNO.ClH/c1-3-9(12)7-4-6(2)5-8(11)10(7)13;/h4-5,9,13H,3,12H2,1-2H3;1H/t9-;/m0./s1. The molecule has 2 nitrogen and oxygen atoms in total. The van der Waals surface area contributed by atoms with E-state index in [-0.39, 0.29) is 24.2 Å². The summed E-state index contributed by atoms with van der Waals surface area (Å²) in [5.74, 6) is -0.918. The maximum Gasteiger partial charge on any atom is 0.165 e. The van der Waals surface area contributed by atoms with E-state index in [0.29, 0.717) is 12.0 Å². The van der Waals surface area contributed by atoms with Crippen LogP contribution < -0.4 is 5.73 Å². The van der Waals surface area contributed by atoms with E-state index in [1.54, 1.807) is 13.0 Å². The summed E-state index contributed by atoms with van der Waals surface area (Å²) in [6.45, 7) is 3.67. The molecule has 0 aliphatic rings. The number of phenolic OH excluding ortho intramolecular Hbond substituents is 1. The number of rotatable bonds is 2. The summed E-state index contributed by atoms with van der Waals surface area (Å²) in [6.07, 6.45) is 0.677. The Bertz CT molecular complexity index is 317. The summed E-state index contributed by atoms with van der Waals surface area (Å²) in [4.78, 5) is 0. The highest BCUT2D eigenvalue weighted by atomic mass is 35.5. The second-order valence-electron chi connectivity index (χ2n) is 3.20. The summed E-state index contributed by atoms with van der Waals surface area (Å²) in [7, 11) is 0. The lowest BCUT2D eigenvalue weighted by Gasteiger charge is -2.12. The Labute approximate surface area is 89.3 Å². The van der Waals surface area contributed by atoms with E-state index >= 15 is 0 Å². The van der Waals surface area contributed by atoms with Crippen LogP contribution in [0.5, 0.6) is 5.75 Å². The SMILES string of the molecule is CC[C@H](N)c1cc(C)cc(F)c1O.Cl. The van der Waals surface area contributed by atoms with Crippen molar-refractivity contribution < 1.29 is 9.50 Å². The third-order valence-electron chi connectivity index (χ3n) is 2.08. The molecule has 4 heteroatoms. The summed E-state index contributed by atoms with van der Waals surface area (Å²) in [6, 6.07) is 2.71. The van der Waals surface area contributed by atoms with Crippen LogP contribution >= 0.6 is 12.4 Å². The molecule has 0 fully saturated rings. The maximum atomic E-state index is 13.0. The van der Waals surface area contributed by atoms with Crippen LogP contribution in [0.25, 0.3) is 0 Å². The lowest BCUT2D eigenvalue weighted by molar-refractivity contribution is 0.419. The minimum absolute atomic E-state index is 0.